The van der Waals surface area contributed by atoms with E-state index >= 15 is 0 Å². The molecule has 1 saturated carbocycles. The van der Waals surface area contributed by atoms with Crippen molar-refractivity contribution in [3.05, 3.63) is 29.3 Å². The topological polar surface area (TPSA) is 69.6 Å². The number of phenolic OH excluding ortho intramolecular Hbond substituents is 1. The first-order valence-corrected chi connectivity index (χ1v) is 5.80. The van der Waals surface area contributed by atoms with Crippen LogP contribution in [0.15, 0.2) is 18.2 Å². The first-order valence-electron chi connectivity index (χ1n) is 5.80. The molecule has 1 fully saturated rings. The van der Waals surface area contributed by atoms with Crippen molar-refractivity contribution in [2.24, 2.45) is 0 Å². The summed E-state index contributed by atoms with van der Waals surface area (Å²) in [7, 11) is 0. The summed E-state index contributed by atoms with van der Waals surface area (Å²) in [5.41, 5.74) is 0.550. The molecular formula is C13H17NO3. The standard InChI is InChI=1S/C13H17NO3/c1-9-7-10(15)3-4-11(9)12(16)14-8-13(17)5-2-6-13/h3-4,7,15,17H,2,5-6,8H2,1H3,(H,14,16). The molecule has 0 heterocycles. The molecule has 1 aromatic carbocycles. The van der Waals surface area contributed by atoms with Gasteiger partial charge in [0.2, 0.25) is 0 Å². The van der Waals surface area contributed by atoms with Crippen molar-refractivity contribution in [2.75, 3.05) is 6.54 Å². The van der Waals surface area contributed by atoms with Crippen LogP contribution in [-0.2, 0) is 0 Å². The van der Waals surface area contributed by atoms with E-state index in [1.54, 1.807) is 19.1 Å². The molecule has 0 saturated heterocycles. The molecule has 0 radical (unpaired) electrons. The molecular weight excluding hydrogens is 218 g/mol. The van der Waals surface area contributed by atoms with Gasteiger partial charge in [-0.05, 0) is 49.9 Å². The van der Waals surface area contributed by atoms with E-state index in [0.717, 1.165) is 24.8 Å². The Morgan fingerprint density at radius 1 is 1.47 bits per heavy atom. The number of rotatable bonds is 3. The first kappa shape index (κ1) is 11.9. The molecule has 0 atom stereocenters. The van der Waals surface area contributed by atoms with Gasteiger partial charge in [-0.25, -0.2) is 0 Å². The molecule has 0 bridgehead atoms. The molecule has 1 aliphatic rings. The Bertz CT molecular complexity index is 438. The van der Waals surface area contributed by atoms with Gasteiger partial charge < -0.3 is 15.5 Å². The molecule has 1 aliphatic carbocycles. The smallest absolute Gasteiger partial charge is 0.251 e. The van der Waals surface area contributed by atoms with Crippen LogP contribution in [0.5, 0.6) is 5.75 Å². The fourth-order valence-electron chi connectivity index (χ4n) is 2.00. The highest BCUT2D eigenvalue weighted by atomic mass is 16.3. The van der Waals surface area contributed by atoms with E-state index in [4.69, 9.17) is 0 Å². The molecule has 92 valence electrons. The van der Waals surface area contributed by atoms with Gasteiger partial charge in [-0.1, -0.05) is 0 Å². The fourth-order valence-corrected chi connectivity index (χ4v) is 2.00. The third-order valence-electron chi connectivity index (χ3n) is 3.32. The molecule has 0 aliphatic heterocycles. The van der Waals surface area contributed by atoms with E-state index < -0.39 is 5.60 Å². The molecule has 1 amide bonds. The van der Waals surface area contributed by atoms with Gasteiger partial charge in [0, 0.05) is 12.1 Å². The van der Waals surface area contributed by atoms with Crippen LogP contribution in [0.4, 0.5) is 0 Å². The van der Waals surface area contributed by atoms with Gasteiger partial charge >= 0.3 is 0 Å². The number of hydrogen-bond acceptors (Lipinski definition) is 3. The van der Waals surface area contributed by atoms with Crippen molar-refractivity contribution in [2.45, 2.75) is 31.8 Å². The maximum absolute atomic E-state index is 11.9. The quantitative estimate of drug-likeness (QED) is 0.740. The van der Waals surface area contributed by atoms with Crippen molar-refractivity contribution in [3.8, 4) is 5.75 Å². The third-order valence-corrected chi connectivity index (χ3v) is 3.32. The largest absolute Gasteiger partial charge is 0.508 e. The SMILES string of the molecule is Cc1cc(O)ccc1C(=O)NCC1(O)CCC1. The van der Waals surface area contributed by atoms with Gasteiger partial charge in [-0.3, -0.25) is 4.79 Å². The highest BCUT2D eigenvalue weighted by molar-refractivity contribution is 5.95. The second kappa shape index (κ2) is 4.37. The summed E-state index contributed by atoms with van der Waals surface area (Å²) in [6.07, 6.45) is 2.52. The van der Waals surface area contributed by atoms with E-state index in [0.29, 0.717) is 12.1 Å². The number of phenols is 1. The number of aryl methyl sites for hydroxylation is 1. The molecule has 4 nitrogen and oxygen atoms in total. The van der Waals surface area contributed by atoms with E-state index in [1.807, 2.05) is 0 Å². The Morgan fingerprint density at radius 2 is 2.18 bits per heavy atom. The van der Waals surface area contributed by atoms with Crippen LogP contribution < -0.4 is 5.32 Å². The highest BCUT2D eigenvalue weighted by Crippen LogP contribution is 2.30. The number of carbonyl (C=O) groups is 1. The Balaban J connectivity index is 1.99. The number of benzene rings is 1. The molecule has 0 spiro atoms. The second-order valence-corrected chi connectivity index (χ2v) is 4.76. The zero-order chi connectivity index (χ0) is 12.5. The molecule has 4 heteroatoms. The predicted octanol–water partition coefficient (Wildman–Crippen LogP) is 1.35. The summed E-state index contributed by atoms with van der Waals surface area (Å²) in [5.74, 6) is -0.0560. The maximum Gasteiger partial charge on any atom is 0.251 e. The van der Waals surface area contributed by atoms with Crippen molar-refractivity contribution in [3.63, 3.8) is 0 Å². The van der Waals surface area contributed by atoms with Gasteiger partial charge in [-0.2, -0.15) is 0 Å². The normalized spacial score (nSPS) is 17.3. The zero-order valence-electron chi connectivity index (χ0n) is 9.86. The van der Waals surface area contributed by atoms with Crippen LogP contribution in [0.2, 0.25) is 0 Å². The lowest BCUT2D eigenvalue weighted by Crippen LogP contribution is -2.47. The molecule has 17 heavy (non-hydrogen) atoms. The lowest BCUT2D eigenvalue weighted by Gasteiger charge is -2.36. The summed E-state index contributed by atoms with van der Waals surface area (Å²) in [5, 5.41) is 21.8. The Kier molecular flexibility index (Phi) is 3.07. The summed E-state index contributed by atoms with van der Waals surface area (Å²) >= 11 is 0. The summed E-state index contributed by atoms with van der Waals surface area (Å²) in [4.78, 5) is 11.9. The van der Waals surface area contributed by atoms with Crippen LogP contribution in [0, 0.1) is 6.92 Å². The summed E-state index contributed by atoms with van der Waals surface area (Å²) in [6.45, 7) is 2.07. The van der Waals surface area contributed by atoms with Crippen LogP contribution in [0.25, 0.3) is 0 Å². The lowest BCUT2D eigenvalue weighted by atomic mass is 9.80. The fraction of sp³-hybridized carbons (Fsp3) is 0.462. The number of amides is 1. The summed E-state index contributed by atoms with van der Waals surface area (Å²) < 4.78 is 0. The average molecular weight is 235 g/mol. The van der Waals surface area contributed by atoms with Gasteiger partial charge in [0.05, 0.1) is 5.60 Å². The van der Waals surface area contributed by atoms with Crippen molar-refractivity contribution in [1.82, 2.24) is 5.32 Å². The Morgan fingerprint density at radius 3 is 2.71 bits per heavy atom. The van der Waals surface area contributed by atoms with E-state index in [2.05, 4.69) is 5.32 Å². The number of aromatic hydroxyl groups is 1. The lowest BCUT2D eigenvalue weighted by molar-refractivity contribution is -0.0300. The van der Waals surface area contributed by atoms with Gasteiger partial charge in [-0.15, -0.1) is 0 Å². The van der Waals surface area contributed by atoms with E-state index in [9.17, 15) is 15.0 Å². The molecule has 3 N–H and O–H groups in total. The Hall–Kier alpha value is -1.55. The van der Waals surface area contributed by atoms with Crippen LogP contribution >= 0.6 is 0 Å². The van der Waals surface area contributed by atoms with Crippen LogP contribution in [0.1, 0.15) is 35.2 Å². The number of hydrogen-bond donors (Lipinski definition) is 3. The minimum absolute atomic E-state index is 0.150. The van der Waals surface area contributed by atoms with Crippen LogP contribution in [-0.4, -0.2) is 28.3 Å². The van der Waals surface area contributed by atoms with Gasteiger partial charge in [0.25, 0.3) is 5.91 Å². The van der Waals surface area contributed by atoms with Crippen molar-refractivity contribution >= 4 is 5.91 Å². The number of nitrogens with one attached hydrogen (secondary N) is 1. The molecule has 1 aromatic rings. The zero-order valence-corrected chi connectivity index (χ0v) is 9.86. The minimum atomic E-state index is -0.708. The van der Waals surface area contributed by atoms with Crippen LogP contribution in [0.3, 0.4) is 0 Å². The molecule has 2 rings (SSSR count). The van der Waals surface area contributed by atoms with Crippen molar-refractivity contribution in [1.29, 1.82) is 0 Å². The Labute approximate surface area is 100 Å². The number of carbonyl (C=O) groups excluding carboxylic acids is 1. The average Bonchev–Trinajstić information content (AvgIpc) is 2.23. The highest BCUT2D eigenvalue weighted by Gasteiger charge is 2.34. The van der Waals surface area contributed by atoms with Gasteiger partial charge in [0.15, 0.2) is 0 Å². The minimum Gasteiger partial charge on any atom is -0.508 e. The molecule has 0 unspecified atom stereocenters. The van der Waals surface area contributed by atoms with E-state index in [1.165, 1.54) is 6.07 Å². The predicted molar refractivity (Wildman–Crippen MR) is 64.0 cm³/mol. The van der Waals surface area contributed by atoms with Gasteiger partial charge in [0.1, 0.15) is 5.75 Å². The third kappa shape index (κ3) is 2.58. The number of aliphatic hydroxyl groups is 1. The summed E-state index contributed by atoms with van der Waals surface area (Å²) in [6, 6.07) is 4.62. The first-order chi connectivity index (χ1) is 8.00. The van der Waals surface area contributed by atoms with E-state index in [-0.39, 0.29) is 11.7 Å². The second-order valence-electron chi connectivity index (χ2n) is 4.76. The van der Waals surface area contributed by atoms with Crippen molar-refractivity contribution < 1.29 is 15.0 Å². The monoisotopic (exact) mass is 235 g/mol. The maximum atomic E-state index is 11.9. The molecule has 0 aromatic heterocycles.